The molecular formula is C19H17BrClNO. The van der Waals surface area contributed by atoms with Crippen LogP contribution in [0.15, 0.2) is 46.9 Å². The first-order valence-corrected chi connectivity index (χ1v) is 8.71. The highest BCUT2D eigenvalue weighted by molar-refractivity contribution is 9.10. The van der Waals surface area contributed by atoms with Gasteiger partial charge in [-0.25, -0.2) is 0 Å². The second kappa shape index (κ2) is 7.24. The van der Waals surface area contributed by atoms with Gasteiger partial charge in [-0.2, -0.15) is 0 Å². The third-order valence-electron chi connectivity index (χ3n) is 3.48. The van der Waals surface area contributed by atoms with E-state index in [1.807, 2.05) is 24.3 Å². The van der Waals surface area contributed by atoms with Gasteiger partial charge in [-0.1, -0.05) is 52.7 Å². The van der Waals surface area contributed by atoms with Crippen LogP contribution < -0.4 is 4.74 Å². The molecule has 23 heavy (non-hydrogen) atoms. The molecule has 0 unspecified atom stereocenters. The van der Waals surface area contributed by atoms with Crippen molar-refractivity contribution >= 4 is 50.6 Å². The van der Waals surface area contributed by atoms with Crippen LogP contribution in [-0.2, 0) is 0 Å². The lowest BCUT2D eigenvalue weighted by Crippen LogP contribution is -1.95. The molecule has 0 aliphatic heterocycles. The lowest BCUT2D eigenvalue weighted by Gasteiger charge is -2.07. The lowest BCUT2D eigenvalue weighted by molar-refractivity contribution is 0.317. The van der Waals surface area contributed by atoms with Gasteiger partial charge in [0.05, 0.1) is 11.6 Å². The van der Waals surface area contributed by atoms with E-state index in [1.165, 1.54) is 5.39 Å². The number of nitrogens with one attached hydrogen (secondary N) is 1. The van der Waals surface area contributed by atoms with Gasteiger partial charge >= 0.3 is 0 Å². The Morgan fingerprint density at radius 1 is 1.13 bits per heavy atom. The quantitative estimate of drug-likeness (QED) is 0.525. The highest BCUT2D eigenvalue weighted by Crippen LogP contribution is 2.27. The predicted molar refractivity (Wildman–Crippen MR) is 102 cm³/mol. The maximum Gasteiger partial charge on any atom is 0.138 e. The van der Waals surface area contributed by atoms with Crippen LogP contribution in [0, 0.1) is 0 Å². The molecule has 0 aliphatic rings. The average Bonchev–Trinajstić information content (AvgIpc) is 2.94. The van der Waals surface area contributed by atoms with Crippen LogP contribution in [0.3, 0.4) is 0 Å². The molecule has 0 saturated heterocycles. The molecule has 0 atom stereocenters. The van der Waals surface area contributed by atoms with Crippen molar-refractivity contribution in [3.05, 3.63) is 63.2 Å². The summed E-state index contributed by atoms with van der Waals surface area (Å²) >= 11 is 9.65. The predicted octanol–water partition coefficient (Wildman–Crippen LogP) is 6.54. The number of H-pyrrole nitrogens is 1. The Labute approximate surface area is 149 Å². The van der Waals surface area contributed by atoms with E-state index in [0.29, 0.717) is 11.6 Å². The molecule has 1 N–H and O–H groups in total. The van der Waals surface area contributed by atoms with Gasteiger partial charge in [0.2, 0.25) is 0 Å². The lowest BCUT2D eigenvalue weighted by atomic mass is 10.2. The van der Waals surface area contributed by atoms with Gasteiger partial charge in [0.25, 0.3) is 0 Å². The summed E-state index contributed by atoms with van der Waals surface area (Å²) in [6, 6.07) is 14.2. The maximum atomic E-state index is 6.16. The fourth-order valence-corrected chi connectivity index (χ4v) is 2.88. The minimum Gasteiger partial charge on any atom is -0.492 e. The average molecular weight is 391 g/mol. The standard InChI is InChI=1S/C19H17BrClNO/c1-2-9-23-19-10-13(4-8-17(19)21)3-7-16-11-14-5-6-15(20)12-18(14)22-16/h3-8,10-12,22H,2,9H2,1H3/b7-3+. The Bertz CT molecular complexity index is 854. The summed E-state index contributed by atoms with van der Waals surface area (Å²) in [5.74, 6) is 0.733. The molecule has 3 rings (SSSR count). The first-order valence-electron chi connectivity index (χ1n) is 7.54. The highest BCUT2D eigenvalue weighted by Gasteiger charge is 2.02. The molecule has 1 heterocycles. The first-order chi connectivity index (χ1) is 11.2. The largest absolute Gasteiger partial charge is 0.492 e. The van der Waals surface area contributed by atoms with E-state index < -0.39 is 0 Å². The van der Waals surface area contributed by atoms with Crippen molar-refractivity contribution in [1.29, 1.82) is 0 Å². The zero-order chi connectivity index (χ0) is 16.2. The van der Waals surface area contributed by atoms with E-state index in [4.69, 9.17) is 16.3 Å². The molecule has 2 aromatic carbocycles. The van der Waals surface area contributed by atoms with Crippen molar-refractivity contribution in [3.8, 4) is 5.75 Å². The number of rotatable bonds is 5. The van der Waals surface area contributed by atoms with Crippen molar-refractivity contribution in [3.63, 3.8) is 0 Å². The van der Waals surface area contributed by atoms with Crippen molar-refractivity contribution < 1.29 is 4.74 Å². The fraction of sp³-hybridized carbons (Fsp3) is 0.158. The Morgan fingerprint density at radius 2 is 2.00 bits per heavy atom. The summed E-state index contributed by atoms with van der Waals surface area (Å²) in [7, 11) is 0. The SMILES string of the molecule is CCCOc1cc(/C=C/c2cc3ccc(Br)cc3[nH]2)ccc1Cl. The van der Waals surface area contributed by atoms with Gasteiger partial charge in [-0.3, -0.25) is 0 Å². The molecule has 0 radical (unpaired) electrons. The number of fused-ring (bicyclic) bond motifs is 1. The van der Waals surface area contributed by atoms with Crippen LogP contribution in [0.2, 0.25) is 5.02 Å². The van der Waals surface area contributed by atoms with E-state index in [-0.39, 0.29) is 0 Å². The van der Waals surface area contributed by atoms with Gasteiger partial charge in [0.15, 0.2) is 0 Å². The Morgan fingerprint density at radius 3 is 2.83 bits per heavy atom. The van der Waals surface area contributed by atoms with Gasteiger partial charge in [0.1, 0.15) is 5.75 Å². The summed E-state index contributed by atoms with van der Waals surface area (Å²) in [5, 5.41) is 1.84. The van der Waals surface area contributed by atoms with Crippen molar-refractivity contribution in [2.24, 2.45) is 0 Å². The Kier molecular flexibility index (Phi) is 5.09. The normalized spacial score (nSPS) is 11.4. The number of aromatic nitrogens is 1. The maximum absolute atomic E-state index is 6.16. The van der Waals surface area contributed by atoms with Crippen molar-refractivity contribution in [2.75, 3.05) is 6.61 Å². The first kappa shape index (κ1) is 16.2. The molecule has 2 nitrogen and oxygen atoms in total. The minimum atomic E-state index is 0.645. The molecule has 0 bridgehead atoms. The monoisotopic (exact) mass is 389 g/mol. The number of hydrogen-bond donors (Lipinski definition) is 1. The molecule has 4 heteroatoms. The number of benzene rings is 2. The summed E-state index contributed by atoms with van der Waals surface area (Å²) in [5.41, 5.74) is 3.23. The zero-order valence-electron chi connectivity index (χ0n) is 12.8. The summed E-state index contributed by atoms with van der Waals surface area (Å²) in [6.45, 7) is 2.75. The van der Waals surface area contributed by atoms with Crippen LogP contribution in [0.1, 0.15) is 24.6 Å². The Hall–Kier alpha value is -1.71. The molecule has 1 aromatic heterocycles. The molecule has 0 spiro atoms. The van der Waals surface area contributed by atoms with Gasteiger partial charge in [-0.05, 0) is 48.4 Å². The smallest absolute Gasteiger partial charge is 0.138 e. The van der Waals surface area contributed by atoms with Gasteiger partial charge in [0, 0.05) is 21.1 Å². The molecule has 0 saturated carbocycles. The van der Waals surface area contributed by atoms with Crippen LogP contribution >= 0.6 is 27.5 Å². The Balaban J connectivity index is 1.83. The molecule has 0 fully saturated rings. The van der Waals surface area contributed by atoms with Crippen molar-refractivity contribution in [1.82, 2.24) is 4.98 Å². The van der Waals surface area contributed by atoms with Crippen LogP contribution in [0.5, 0.6) is 5.75 Å². The van der Waals surface area contributed by atoms with Crippen LogP contribution in [0.4, 0.5) is 0 Å². The molecular weight excluding hydrogens is 374 g/mol. The molecule has 3 aromatic rings. The van der Waals surface area contributed by atoms with E-state index in [9.17, 15) is 0 Å². The van der Waals surface area contributed by atoms with Crippen LogP contribution in [-0.4, -0.2) is 11.6 Å². The summed E-state index contributed by atoms with van der Waals surface area (Å²) in [6.07, 6.45) is 5.07. The molecule has 118 valence electrons. The fourth-order valence-electron chi connectivity index (χ4n) is 2.34. The number of ether oxygens (including phenoxy) is 1. The number of hydrogen-bond acceptors (Lipinski definition) is 1. The van der Waals surface area contributed by atoms with E-state index >= 15 is 0 Å². The molecule has 0 amide bonds. The topological polar surface area (TPSA) is 25.0 Å². The second-order valence-corrected chi connectivity index (χ2v) is 6.65. The number of halogens is 2. The van der Waals surface area contributed by atoms with Crippen LogP contribution in [0.25, 0.3) is 23.1 Å². The van der Waals surface area contributed by atoms with Crippen molar-refractivity contribution in [2.45, 2.75) is 13.3 Å². The van der Waals surface area contributed by atoms with Gasteiger partial charge in [-0.15, -0.1) is 0 Å². The van der Waals surface area contributed by atoms with E-state index in [1.54, 1.807) is 0 Å². The number of aromatic amines is 1. The van der Waals surface area contributed by atoms with E-state index in [0.717, 1.165) is 33.4 Å². The zero-order valence-corrected chi connectivity index (χ0v) is 15.1. The molecule has 0 aliphatic carbocycles. The minimum absolute atomic E-state index is 0.645. The third-order valence-corrected chi connectivity index (χ3v) is 4.28. The second-order valence-electron chi connectivity index (χ2n) is 5.33. The van der Waals surface area contributed by atoms with E-state index in [2.05, 4.69) is 58.2 Å². The third kappa shape index (κ3) is 3.98. The summed E-state index contributed by atoms with van der Waals surface area (Å²) in [4.78, 5) is 3.39. The highest BCUT2D eigenvalue weighted by atomic mass is 79.9. The van der Waals surface area contributed by atoms with Gasteiger partial charge < -0.3 is 9.72 Å². The summed E-state index contributed by atoms with van der Waals surface area (Å²) < 4.78 is 6.73.